The standard InChI is InChI=1S/C17H17ClN2O5/c1-23-14-8-16(25-3)15(24-2)6-10(14)9-19-20-17(22)12-7-11(18)4-5-13(12)21/h4-9,21H,1-3H3,(H,20,22)/b19-9+. The van der Waals surface area contributed by atoms with Gasteiger partial charge in [0, 0.05) is 16.7 Å². The molecule has 0 saturated carbocycles. The number of phenolic OH excluding ortho intramolecular Hbond substituents is 1. The van der Waals surface area contributed by atoms with Gasteiger partial charge in [0.05, 0.1) is 33.1 Å². The van der Waals surface area contributed by atoms with Gasteiger partial charge in [-0.15, -0.1) is 0 Å². The summed E-state index contributed by atoms with van der Waals surface area (Å²) in [5.41, 5.74) is 2.90. The number of benzene rings is 2. The molecule has 25 heavy (non-hydrogen) atoms. The average molecular weight is 365 g/mol. The highest BCUT2D eigenvalue weighted by atomic mass is 35.5. The van der Waals surface area contributed by atoms with Gasteiger partial charge in [-0.3, -0.25) is 4.79 Å². The normalized spacial score (nSPS) is 10.6. The molecule has 0 heterocycles. The van der Waals surface area contributed by atoms with Gasteiger partial charge in [0.1, 0.15) is 11.5 Å². The van der Waals surface area contributed by atoms with Crippen molar-refractivity contribution in [3.63, 3.8) is 0 Å². The van der Waals surface area contributed by atoms with E-state index in [4.69, 9.17) is 25.8 Å². The Morgan fingerprint density at radius 1 is 1.08 bits per heavy atom. The van der Waals surface area contributed by atoms with Crippen LogP contribution in [0, 0.1) is 0 Å². The molecule has 0 aromatic heterocycles. The number of aromatic hydroxyl groups is 1. The zero-order chi connectivity index (χ0) is 18.4. The molecule has 0 aliphatic heterocycles. The molecule has 2 N–H and O–H groups in total. The van der Waals surface area contributed by atoms with E-state index >= 15 is 0 Å². The van der Waals surface area contributed by atoms with Crippen molar-refractivity contribution in [1.29, 1.82) is 0 Å². The Balaban J connectivity index is 2.21. The maximum absolute atomic E-state index is 12.1. The van der Waals surface area contributed by atoms with Crippen molar-refractivity contribution in [1.82, 2.24) is 5.43 Å². The molecule has 0 radical (unpaired) electrons. The maximum atomic E-state index is 12.1. The first-order chi connectivity index (χ1) is 12.0. The molecule has 0 atom stereocenters. The third kappa shape index (κ3) is 4.33. The van der Waals surface area contributed by atoms with Gasteiger partial charge in [-0.2, -0.15) is 5.10 Å². The Labute approximate surface area is 149 Å². The van der Waals surface area contributed by atoms with E-state index in [1.165, 1.54) is 45.7 Å². The van der Waals surface area contributed by atoms with Crippen LogP contribution in [0.5, 0.6) is 23.0 Å². The fraction of sp³-hybridized carbons (Fsp3) is 0.176. The maximum Gasteiger partial charge on any atom is 0.275 e. The van der Waals surface area contributed by atoms with Crippen LogP contribution in [-0.2, 0) is 0 Å². The summed E-state index contributed by atoms with van der Waals surface area (Å²) in [7, 11) is 4.53. The van der Waals surface area contributed by atoms with Crippen LogP contribution >= 0.6 is 11.6 Å². The molecule has 1 amide bonds. The van der Waals surface area contributed by atoms with Crippen LogP contribution in [0.3, 0.4) is 0 Å². The number of halogens is 1. The van der Waals surface area contributed by atoms with Crippen molar-refractivity contribution in [3.8, 4) is 23.0 Å². The second-order valence-corrected chi connectivity index (χ2v) is 5.25. The van der Waals surface area contributed by atoms with E-state index in [2.05, 4.69) is 10.5 Å². The van der Waals surface area contributed by atoms with E-state index in [-0.39, 0.29) is 11.3 Å². The largest absolute Gasteiger partial charge is 0.507 e. The second-order valence-electron chi connectivity index (χ2n) is 4.81. The number of methoxy groups -OCH3 is 3. The lowest BCUT2D eigenvalue weighted by Crippen LogP contribution is -2.17. The van der Waals surface area contributed by atoms with Crippen LogP contribution in [-0.4, -0.2) is 38.6 Å². The van der Waals surface area contributed by atoms with E-state index in [0.29, 0.717) is 27.8 Å². The van der Waals surface area contributed by atoms with Crippen LogP contribution in [0.15, 0.2) is 35.4 Å². The zero-order valence-corrected chi connectivity index (χ0v) is 14.6. The highest BCUT2D eigenvalue weighted by Crippen LogP contribution is 2.33. The summed E-state index contributed by atoms with van der Waals surface area (Å²) in [4.78, 5) is 12.1. The first-order valence-electron chi connectivity index (χ1n) is 7.12. The molecule has 8 heteroatoms. The molecule has 0 fully saturated rings. The van der Waals surface area contributed by atoms with Gasteiger partial charge in [-0.05, 0) is 24.3 Å². The summed E-state index contributed by atoms with van der Waals surface area (Å²) in [6, 6.07) is 7.46. The van der Waals surface area contributed by atoms with Gasteiger partial charge in [-0.25, -0.2) is 5.43 Å². The fourth-order valence-electron chi connectivity index (χ4n) is 2.06. The predicted octanol–water partition coefficient (Wildman–Crippen LogP) is 2.84. The number of carbonyl (C=O) groups excluding carboxylic acids is 1. The topological polar surface area (TPSA) is 89.4 Å². The average Bonchev–Trinajstić information content (AvgIpc) is 2.62. The minimum Gasteiger partial charge on any atom is -0.507 e. The number of phenols is 1. The van der Waals surface area contributed by atoms with Crippen molar-refractivity contribution in [2.75, 3.05) is 21.3 Å². The summed E-state index contributed by atoms with van der Waals surface area (Å²) in [6.45, 7) is 0. The quantitative estimate of drug-likeness (QED) is 0.607. The highest BCUT2D eigenvalue weighted by molar-refractivity contribution is 6.31. The van der Waals surface area contributed by atoms with Gasteiger partial charge in [-0.1, -0.05) is 11.6 Å². The summed E-state index contributed by atoms with van der Waals surface area (Å²) >= 11 is 5.82. The number of hydrogen-bond acceptors (Lipinski definition) is 6. The van der Waals surface area contributed by atoms with Gasteiger partial charge in [0.2, 0.25) is 0 Å². The molecule has 132 valence electrons. The Morgan fingerprint density at radius 2 is 1.72 bits per heavy atom. The van der Waals surface area contributed by atoms with E-state index in [0.717, 1.165) is 0 Å². The van der Waals surface area contributed by atoms with Crippen molar-refractivity contribution in [3.05, 3.63) is 46.5 Å². The van der Waals surface area contributed by atoms with E-state index in [1.54, 1.807) is 12.1 Å². The second kappa shape index (κ2) is 8.25. The minimum atomic E-state index is -0.601. The fourth-order valence-corrected chi connectivity index (χ4v) is 2.24. The van der Waals surface area contributed by atoms with Gasteiger partial charge < -0.3 is 19.3 Å². The van der Waals surface area contributed by atoms with E-state index in [1.807, 2.05) is 0 Å². The lowest BCUT2D eigenvalue weighted by atomic mass is 10.2. The lowest BCUT2D eigenvalue weighted by molar-refractivity contribution is 0.0952. The van der Waals surface area contributed by atoms with Crippen molar-refractivity contribution < 1.29 is 24.1 Å². The number of hydrazone groups is 1. The molecule has 2 aromatic carbocycles. The summed E-state index contributed by atoms with van der Waals surface area (Å²) in [6.07, 6.45) is 1.39. The van der Waals surface area contributed by atoms with Crippen molar-refractivity contribution >= 4 is 23.7 Å². The van der Waals surface area contributed by atoms with Crippen LogP contribution in [0.2, 0.25) is 5.02 Å². The number of hydrogen-bond donors (Lipinski definition) is 2. The Bertz CT molecular complexity index is 808. The Morgan fingerprint density at radius 3 is 2.36 bits per heavy atom. The van der Waals surface area contributed by atoms with Crippen LogP contribution in [0.25, 0.3) is 0 Å². The molecule has 2 rings (SSSR count). The SMILES string of the molecule is COc1cc(OC)c(OC)cc1/C=N/NC(=O)c1cc(Cl)ccc1O. The molecule has 7 nitrogen and oxygen atoms in total. The molecular weight excluding hydrogens is 348 g/mol. The van der Waals surface area contributed by atoms with Gasteiger partial charge in [0.25, 0.3) is 5.91 Å². The van der Waals surface area contributed by atoms with E-state index in [9.17, 15) is 9.90 Å². The monoisotopic (exact) mass is 364 g/mol. The Hall–Kier alpha value is -2.93. The van der Waals surface area contributed by atoms with Crippen molar-refractivity contribution in [2.24, 2.45) is 5.10 Å². The zero-order valence-electron chi connectivity index (χ0n) is 13.9. The number of carbonyl (C=O) groups is 1. The molecule has 0 spiro atoms. The predicted molar refractivity (Wildman–Crippen MR) is 94.3 cm³/mol. The third-order valence-corrected chi connectivity index (χ3v) is 3.54. The summed E-state index contributed by atoms with van der Waals surface area (Å²) in [5.74, 6) is 0.686. The summed E-state index contributed by atoms with van der Waals surface area (Å²) < 4.78 is 15.7. The van der Waals surface area contributed by atoms with E-state index < -0.39 is 5.91 Å². The smallest absolute Gasteiger partial charge is 0.275 e. The highest BCUT2D eigenvalue weighted by Gasteiger charge is 2.12. The third-order valence-electron chi connectivity index (χ3n) is 3.31. The molecule has 0 aliphatic rings. The first-order valence-corrected chi connectivity index (χ1v) is 7.50. The molecule has 2 aromatic rings. The van der Waals surface area contributed by atoms with Crippen LogP contribution < -0.4 is 19.6 Å². The number of nitrogens with zero attached hydrogens (tertiary/aromatic N) is 1. The summed E-state index contributed by atoms with van der Waals surface area (Å²) in [5, 5.41) is 13.9. The molecule has 0 unspecified atom stereocenters. The molecule has 0 saturated heterocycles. The molecule has 0 bridgehead atoms. The van der Waals surface area contributed by atoms with Gasteiger partial charge in [0.15, 0.2) is 11.5 Å². The number of ether oxygens (including phenoxy) is 3. The van der Waals surface area contributed by atoms with Gasteiger partial charge >= 0.3 is 0 Å². The number of amides is 1. The minimum absolute atomic E-state index is 0.0175. The lowest BCUT2D eigenvalue weighted by Gasteiger charge is -2.11. The molecular formula is C17H17ClN2O5. The number of rotatable bonds is 6. The van der Waals surface area contributed by atoms with Crippen LogP contribution in [0.4, 0.5) is 0 Å². The Kier molecular flexibility index (Phi) is 6.08. The first kappa shape index (κ1) is 18.4. The van der Waals surface area contributed by atoms with Crippen LogP contribution in [0.1, 0.15) is 15.9 Å². The van der Waals surface area contributed by atoms with Crippen molar-refractivity contribution in [2.45, 2.75) is 0 Å². The molecule has 0 aliphatic carbocycles. The number of nitrogens with one attached hydrogen (secondary N) is 1.